The third-order valence-corrected chi connectivity index (χ3v) is 3.33. The van der Waals surface area contributed by atoms with E-state index in [1.54, 1.807) is 18.2 Å². The molecule has 0 aliphatic heterocycles. The van der Waals surface area contributed by atoms with Gasteiger partial charge in [-0.1, -0.05) is 29.3 Å². The Labute approximate surface area is 134 Å². The number of anilines is 1. The van der Waals surface area contributed by atoms with Gasteiger partial charge in [-0.3, -0.25) is 4.79 Å². The van der Waals surface area contributed by atoms with E-state index < -0.39 is 5.91 Å². The van der Waals surface area contributed by atoms with Crippen LogP contribution in [0.15, 0.2) is 30.0 Å². The van der Waals surface area contributed by atoms with Crippen LogP contribution < -0.4 is 10.6 Å². The number of likely N-dealkylation sites (N-methyl/N-ethyl adjacent to an activating group) is 1. The molecule has 112 valence electrons. The molecule has 0 aliphatic rings. The Kier molecular flexibility index (Phi) is 7.03. The van der Waals surface area contributed by atoms with Crippen molar-refractivity contribution in [1.82, 2.24) is 10.2 Å². The predicted molar refractivity (Wildman–Crippen MR) is 85.3 cm³/mol. The Balaban J connectivity index is 2.69. The Morgan fingerprint density at radius 3 is 2.76 bits per heavy atom. The van der Waals surface area contributed by atoms with E-state index in [-0.39, 0.29) is 10.6 Å². The van der Waals surface area contributed by atoms with Crippen molar-refractivity contribution in [3.05, 3.63) is 40.0 Å². The molecule has 0 heterocycles. The van der Waals surface area contributed by atoms with Crippen molar-refractivity contribution in [3.8, 4) is 6.07 Å². The van der Waals surface area contributed by atoms with E-state index in [9.17, 15) is 4.79 Å². The molecule has 0 radical (unpaired) electrons. The van der Waals surface area contributed by atoms with Gasteiger partial charge in [0.2, 0.25) is 0 Å². The van der Waals surface area contributed by atoms with Crippen LogP contribution in [0.4, 0.5) is 5.69 Å². The molecule has 0 fully saturated rings. The molecule has 1 rings (SSSR count). The van der Waals surface area contributed by atoms with E-state index in [2.05, 4.69) is 10.6 Å². The number of nitrogens with one attached hydrogen (secondary N) is 2. The summed E-state index contributed by atoms with van der Waals surface area (Å²) in [7, 11) is 3.87. The maximum Gasteiger partial charge on any atom is 0.267 e. The summed E-state index contributed by atoms with van der Waals surface area (Å²) < 4.78 is 0. The zero-order valence-corrected chi connectivity index (χ0v) is 13.3. The summed E-state index contributed by atoms with van der Waals surface area (Å²) in [6.45, 7) is 1.42. The average molecular weight is 327 g/mol. The van der Waals surface area contributed by atoms with E-state index in [1.807, 2.05) is 25.1 Å². The molecule has 0 bridgehead atoms. The first-order valence-corrected chi connectivity index (χ1v) is 6.95. The van der Waals surface area contributed by atoms with Gasteiger partial charge < -0.3 is 15.5 Å². The van der Waals surface area contributed by atoms with Crippen molar-refractivity contribution >= 4 is 34.8 Å². The maximum absolute atomic E-state index is 12.0. The molecule has 0 spiro atoms. The summed E-state index contributed by atoms with van der Waals surface area (Å²) in [5.74, 6) is -0.543. The second-order valence-corrected chi connectivity index (χ2v) is 5.27. The molecule has 0 aliphatic carbocycles. The number of nitrogens with zero attached hydrogens (tertiary/aromatic N) is 2. The van der Waals surface area contributed by atoms with Crippen LogP contribution in [0.1, 0.15) is 0 Å². The largest absolute Gasteiger partial charge is 0.388 e. The number of amides is 1. The van der Waals surface area contributed by atoms with Crippen LogP contribution in [0.5, 0.6) is 0 Å². The standard InChI is InChI=1S/C14H16Cl2N4O/c1-20(2)7-6-18-9-10(8-17)14(21)19-12-5-3-4-11(15)13(12)16/h3-5,9,18H,6-7H2,1-2H3,(H,19,21)/b10-9-. The molecule has 2 N–H and O–H groups in total. The normalized spacial score (nSPS) is 11.1. The zero-order chi connectivity index (χ0) is 15.8. The van der Waals surface area contributed by atoms with Gasteiger partial charge in [-0.15, -0.1) is 0 Å². The van der Waals surface area contributed by atoms with Gasteiger partial charge in [-0.25, -0.2) is 0 Å². The first-order valence-electron chi connectivity index (χ1n) is 6.19. The minimum absolute atomic E-state index is 0.0372. The summed E-state index contributed by atoms with van der Waals surface area (Å²) in [5.41, 5.74) is 0.327. The van der Waals surface area contributed by atoms with E-state index in [0.717, 1.165) is 6.54 Å². The fraction of sp³-hybridized carbons (Fsp3) is 0.286. The van der Waals surface area contributed by atoms with Crippen LogP contribution in [0.3, 0.4) is 0 Å². The van der Waals surface area contributed by atoms with Crippen molar-refractivity contribution < 1.29 is 4.79 Å². The fourth-order valence-electron chi connectivity index (χ4n) is 1.40. The van der Waals surface area contributed by atoms with Crippen LogP contribution >= 0.6 is 23.2 Å². The minimum atomic E-state index is -0.543. The molecule has 7 heteroatoms. The number of hydrogen-bond donors (Lipinski definition) is 2. The minimum Gasteiger partial charge on any atom is -0.388 e. The molecular formula is C14H16Cl2N4O. The molecule has 0 atom stereocenters. The molecule has 0 unspecified atom stereocenters. The summed E-state index contributed by atoms with van der Waals surface area (Å²) in [4.78, 5) is 14.0. The van der Waals surface area contributed by atoms with Crippen molar-refractivity contribution in [1.29, 1.82) is 5.26 Å². The SMILES string of the molecule is CN(C)CCN/C=C(/C#N)C(=O)Nc1cccc(Cl)c1Cl. The topological polar surface area (TPSA) is 68.2 Å². The highest BCUT2D eigenvalue weighted by Crippen LogP contribution is 2.29. The van der Waals surface area contributed by atoms with E-state index in [0.29, 0.717) is 17.3 Å². The third kappa shape index (κ3) is 5.64. The number of halogens is 2. The summed E-state index contributed by atoms with van der Waals surface area (Å²) >= 11 is 11.8. The van der Waals surface area contributed by atoms with Crippen LogP contribution in [-0.2, 0) is 4.79 Å². The zero-order valence-electron chi connectivity index (χ0n) is 11.8. The van der Waals surface area contributed by atoms with Crippen molar-refractivity contribution in [2.45, 2.75) is 0 Å². The van der Waals surface area contributed by atoms with Gasteiger partial charge >= 0.3 is 0 Å². The van der Waals surface area contributed by atoms with E-state index >= 15 is 0 Å². The van der Waals surface area contributed by atoms with E-state index in [1.165, 1.54) is 6.20 Å². The van der Waals surface area contributed by atoms with Gasteiger partial charge in [0.25, 0.3) is 5.91 Å². The van der Waals surface area contributed by atoms with Crippen molar-refractivity contribution in [3.63, 3.8) is 0 Å². The molecule has 0 aromatic heterocycles. The summed E-state index contributed by atoms with van der Waals surface area (Å²) in [5, 5.41) is 15.1. The van der Waals surface area contributed by atoms with Gasteiger partial charge in [-0.05, 0) is 26.2 Å². The molecule has 1 aromatic carbocycles. The van der Waals surface area contributed by atoms with Gasteiger partial charge in [-0.2, -0.15) is 5.26 Å². The molecular weight excluding hydrogens is 311 g/mol. The van der Waals surface area contributed by atoms with Gasteiger partial charge in [0, 0.05) is 19.3 Å². The molecule has 1 aromatic rings. The molecule has 1 amide bonds. The molecule has 0 saturated heterocycles. The molecule has 5 nitrogen and oxygen atoms in total. The molecule has 0 saturated carbocycles. The smallest absolute Gasteiger partial charge is 0.267 e. The van der Waals surface area contributed by atoms with Crippen molar-refractivity contribution in [2.24, 2.45) is 0 Å². The summed E-state index contributed by atoms with van der Waals surface area (Å²) in [6.07, 6.45) is 1.39. The van der Waals surface area contributed by atoms with Gasteiger partial charge in [0.1, 0.15) is 11.6 Å². The second-order valence-electron chi connectivity index (χ2n) is 4.48. The number of carbonyl (C=O) groups is 1. The second kappa shape index (κ2) is 8.53. The summed E-state index contributed by atoms with van der Waals surface area (Å²) in [6, 6.07) is 6.73. The first-order chi connectivity index (χ1) is 9.95. The number of nitriles is 1. The highest BCUT2D eigenvalue weighted by Gasteiger charge is 2.12. The molecule has 21 heavy (non-hydrogen) atoms. The Morgan fingerprint density at radius 2 is 2.14 bits per heavy atom. The van der Waals surface area contributed by atoms with Crippen LogP contribution in [0.25, 0.3) is 0 Å². The number of rotatable bonds is 6. The van der Waals surface area contributed by atoms with E-state index in [4.69, 9.17) is 28.5 Å². The lowest BCUT2D eigenvalue weighted by atomic mass is 10.2. The lowest BCUT2D eigenvalue weighted by molar-refractivity contribution is -0.112. The third-order valence-electron chi connectivity index (χ3n) is 2.51. The van der Waals surface area contributed by atoms with Crippen LogP contribution in [0, 0.1) is 11.3 Å². The van der Waals surface area contributed by atoms with Gasteiger partial charge in [0.05, 0.1) is 15.7 Å². The number of benzene rings is 1. The Hall–Kier alpha value is -1.74. The lowest BCUT2D eigenvalue weighted by Gasteiger charge is -2.10. The Morgan fingerprint density at radius 1 is 1.43 bits per heavy atom. The van der Waals surface area contributed by atoms with Crippen molar-refractivity contribution in [2.75, 3.05) is 32.5 Å². The predicted octanol–water partition coefficient (Wildman–Crippen LogP) is 2.49. The Bertz CT molecular complexity index is 579. The highest BCUT2D eigenvalue weighted by molar-refractivity contribution is 6.44. The quantitative estimate of drug-likeness (QED) is 0.478. The van der Waals surface area contributed by atoms with Gasteiger partial charge in [0.15, 0.2) is 0 Å². The number of carbonyl (C=O) groups excluding carboxylic acids is 1. The van der Waals surface area contributed by atoms with Crippen LogP contribution in [0.2, 0.25) is 10.0 Å². The fourth-order valence-corrected chi connectivity index (χ4v) is 1.75. The van der Waals surface area contributed by atoms with Crippen LogP contribution in [-0.4, -0.2) is 38.0 Å². The lowest BCUT2D eigenvalue weighted by Crippen LogP contribution is -2.24. The maximum atomic E-state index is 12.0. The highest BCUT2D eigenvalue weighted by atomic mass is 35.5. The average Bonchev–Trinajstić information content (AvgIpc) is 2.43. The number of hydrogen-bond acceptors (Lipinski definition) is 4. The first kappa shape index (κ1) is 17.3. The monoisotopic (exact) mass is 326 g/mol.